The fraction of sp³-hybridized carbons (Fsp3) is 0.160. The highest BCUT2D eigenvalue weighted by molar-refractivity contribution is 6.31. The molecule has 6 heteroatoms. The molecule has 3 atom stereocenters. The Morgan fingerprint density at radius 3 is 2.52 bits per heavy atom. The Hall–Kier alpha value is -3.44. The number of nitro benzene ring substituents is 1. The number of carbonyl (C=O) groups is 1. The van der Waals surface area contributed by atoms with Crippen molar-refractivity contribution in [1.82, 2.24) is 0 Å². The Morgan fingerprint density at radius 1 is 1.06 bits per heavy atom. The summed E-state index contributed by atoms with van der Waals surface area (Å²) in [6.45, 7) is 0. The van der Waals surface area contributed by atoms with Crippen LogP contribution in [0.25, 0.3) is 0 Å². The number of nitrogens with zero attached hydrogens (tertiary/aromatic N) is 1. The van der Waals surface area contributed by atoms with Gasteiger partial charge in [0.15, 0.2) is 5.78 Å². The fourth-order valence-electron chi connectivity index (χ4n) is 4.72. The molecule has 1 aliphatic heterocycles. The Labute approximate surface area is 184 Å². The molecule has 5 rings (SSSR count). The van der Waals surface area contributed by atoms with Gasteiger partial charge < -0.3 is 5.32 Å². The summed E-state index contributed by atoms with van der Waals surface area (Å²) < 4.78 is 0. The molecule has 0 bridgehead atoms. The van der Waals surface area contributed by atoms with Crippen LogP contribution < -0.4 is 5.32 Å². The van der Waals surface area contributed by atoms with Gasteiger partial charge in [-0.1, -0.05) is 66.2 Å². The lowest BCUT2D eigenvalue weighted by molar-refractivity contribution is -0.384. The highest BCUT2D eigenvalue weighted by Gasteiger charge is 2.39. The number of ketones is 1. The molecular weight excluding hydrogens is 412 g/mol. The minimum absolute atomic E-state index is 0.0628. The molecular formula is C25H19ClN2O3. The maximum Gasteiger partial charge on any atom is 0.269 e. The number of nitro groups is 1. The van der Waals surface area contributed by atoms with Crippen LogP contribution >= 0.6 is 11.6 Å². The van der Waals surface area contributed by atoms with Gasteiger partial charge in [0.1, 0.15) is 0 Å². The molecule has 0 fully saturated rings. The standard InChI is InChI=1S/C25H19ClN2O3/c26-17-13-21-19-7-4-8-20(19)23(15-9-11-18(12-10-15)28(30)31)27-24(21)22(14-17)25(29)16-5-2-1-3-6-16/h1-7,9-14,19-20,23,27H,8H2/t19-,20+,23-/m0/s1. The van der Waals surface area contributed by atoms with Crippen molar-refractivity contribution >= 4 is 28.8 Å². The van der Waals surface area contributed by atoms with Crippen LogP contribution in [0.15, 0.2) is 78.9 Å². The molecule has 154 valence electrons. The summed E-state index contributed by atoms with van der Waals surface area (Å²) in [5, 5.41) is 15.2. The van der Waals surface area contributed by atoms with Crippen LogP contribution in [-0.2, 0) is 0 Å². The van der Waals surface area contributed by atoms with E-state index in [0.717, 1.165) is 23.2 Å². The highest BCUT2D eigenvalue weighted by atomic mass is 35.5. The molecule has 1 aliphatic carbocycles. The number of allylic oxidation sites excluding steroid dienone is 2. The van der Waals surface area contributed by atoms with Gasteiger partial charge in [0.05, 0.1) is 11.0 Å². The molecule has 0 saturated heterocycles. The molecule has 0 saturated carbocycles. The van der Waals surface area contributed by atoms with E-state index in [1.807, 2.05) is 24.3 Å². The van der Waals surface area contributed by atoms with Crippen molar-refractivity contribution in [3.05, 3.63) is 116 Å². The second kappa shape index (κ2) is 7.67. The number of nitrogens with one attached hydrogen (secondary N) is 1. The first-order chi connectivity index (χ1) is 15.0. The lowest BCUT2D eigenvalue weighted by Crippen LogP contribution is -2.30. The number of anilines is 1. The van der Waals surface area contributed by atoms with Crippen molar-refractivity contribution < 1.29 is 9.72 Å². The number of benzene rings is 3. The summed E-state index contributed by atoms with van der Waals surface area (Å²) >= 11 is 6.44. The number of halogens is 1. The van der Waals surface area contributed by atoms with Crippen molar-refractivity contribution in [3.8, 4) is 0 Å². The summed E-state index contributed by atoms with van der Waals surface area (Å²) in [4.78, 5) is 24.0. The number of hydrogen-bond donors (Lipinski definition) is 1. The summed E-state index contributed by atoms with van der Waals surface area (Å²) in [5.74, 6) is 0.277. The summed E-state index contributed by atoms with van der Waals surface area (Å²) in [6, 6.07) is 19.4. The maximum atomic E-state index is 13.3. The Kier molecular flexibility index (Phi) is 4.83. The lowest BCUT2D eigenvalue weighted by atomic mass is 9.76. The third-order valence-electron chi connectivity index (χ3n) is 6.18. The van der Waals surface area contributed by atoms with Crippen molar-refractivity contribution in [2.45, 2.75) is 18.4 Å². The van der Waals surface area contributed by atoms with Crippen LogP contribution in [0.2, 0.25) is 5.02 Å². The van der Waals surface area contributed by atoms with Gasteiger partial charge in [-0.3, -0.25) is 14.9 Å². The van der Waals surface area contributed by atoms with E-state index in [9.17, 15) is 14.9 Å². The average Bonchev–Trinajstić information content (AvgIpc) is 3.29. The maximum absolute atomic E-state index is 13.3. The molecule has 3 aromatic rings. The van der Waals surface area contributed by atoms with Gasteiger partial charge in [0.25, 0.3) is 5.69 Å². The summed E-state index contributed by atoms with van der Waals surface area (Å²) in [6.07, 6.45) is 5.22. The minimum atomic E-state index is -0.397. The quantitative estimate of drug-likeness (QED) is 0.228. The highest BCUT2D eigenvalue weighted by Crippen LogP contribution is 2.51. The monoisotopic (exact) mass is 430 g/mol. The summed E-state index contributed by atoms with van der Waals surface area (Å²) in [5.41, 5.74) is 3.97. The van der Waals surface area contributed by atoms with E-state index in [1.165, 1.54) is 12.1 Å². The minimum Gasteiger partial charge on any atom is -0.377 e. The van der Waals surface area contributed by atoms with Gasteiger partial charge in [-0.2, -0.15) is 0 Å². The smallest absolute Gasteiger partial charge is 0.269 e. The third-order valence-corrected chi connectivity index (χ3v) is 6.40. The third kappa shape index (κ3) is 3.41. The SMILES string of the molecule is O=C(c1ccccc1)c1cc(Cl)cc2c1N[C@@H](c1ccc([N+](=O)[O-])cc1)[C@@H]1CC=C[C@H]21. The largest absolute Gasteiger partial charge is 0.377 e. The van der Waals surface area contributed by atoms with Crippen LogP contribution in [0.5, 0.6) is 0 Å². The van der Waals surface area contributed by atoms with Crippen LogP contribution in [-0.4, -0.2) is 10.7 Å². The Morgan fingerprint density at radius 2 is 1.81 bits per heavy atom. The molecule has 31 heavy (non-hydrogen) atoms. The van der Waals surface area contributed by atoms with Crippen molar-refractivity contribution in [2.75, 3.05) is 5.32 Å². The van der Waals surface area contributed by atoms with E-state index >= 15 is 0 Å². The van der Waals surface area contributed by atoms with Crippen LogP contribution in [0.4, 0.5) is 11.4 Å². The van der Waals surface area contributed by atoms with Gasteiger partial charge in [0, 0.05) is 39.9 Å². The molecule has 5 nitrogen and oxygen atoms in total. The number of rotatable bonds is 4. The van der Waals surface area contributed by atoms with Crippen LogP contribution in [0.1, 0.15) is 45.4 Å². The molecule has 0 radical (unpaired) electrons. The number of non-ortho nitro benzene ring substituents is 1. The molecule has 1 N–H and O–H groups in total. The fourth-order valence-corrected chi connectivity index (χ4v) is 4.95. The first-order valence-corrected chi connectivity index (χ1v) is 10.5. The van der Waals surface area contributed by atoms with E-state index in [2.05, 4.69) is 17.5 Å². The van der Waals surface area contributed by atoms with E-state index in [0.29, 0.717) is 16.1 Å². The first kappa shape index (κ1) is 19.5. The Bertz CT molecular complexity index is 1210. The second-order valence-corrected chi connectivity index (χ2v) is 8.37. The van der Waals surface area contributed by atoms with Crippen molar-refractivity contribution in [2.24, 2.45) is 5.92 Å². The zero-order valence-electron chi connectivity index (χ0n) is 16.5. The second-order valence-electron chi connectivity index (χ2n) is 7.94. The van der Waals surface area contributed by atoms with Crippen molar-refractivity contribution in [1.29, 1.82) is 0 Å². The van der Waals surface area contributed by atoms with Gasteiger partial charge in [-0.25, -0.2) is 0 Å². The topological polar surface area (TPSA) is 72.2 Å². The predicted molar refractivity (Wildman–Crippen MR) is 121 cm³/mol. The average molecular weight is 431 g/mol. The zero-order valence-corrected chi connectivity index (χ0v) is 17.3. The normalized spacial score (nSPS) is 21.1. The molecule has 0 aromatic heterocycles. The Balaban J connectivity index is 1.61. The predicted octanol–water partition coefficient (Wildman–Crippen LogP) is 6.31. The van der Waals surface area contributed by atoms with Gasteiger partial charge in [-0.05, 0) is 35.6 Å². The molecule has 0 unspecified atom stereocenters. The van der Waals surface area contributed by atoms with E-state index < -0.39 is 4.92 Å². The zero-order chi connectivity index (χ0) is 21.5. The number of hydrogen-bond acceptors (Lipinski definition) is 4. The molecule has 0 amide bonds. The van der Waals surface area contributed by atoms with E-state index in [-0.39, 0.29) is 29.3 Å². The van der Waals surface area contributed by atoms with E-state index in [4.69, 9.17) is 11.6 Å². The number of fused-ring (bicyclic) bond motifs is 3. The van der Waals surface area contributed by atoms with Crippen molar-refractivity contribution in [3.63, 3.8) is 0 Å². The molecule has 3 aromatic carbocycles. The number of carbonyl (C=O) groups excluding carboxylic acids is 1. The molecule has 1 heterocycles. The first-order valence-electron chi connectivity index (χ1n) is 10.1. The molecule has 2 aliphatic rings. The molecule has 0 spiro atoms. The van der Waals surface area contributed by atoms with Gasteiger partial charge in [0.2, 0.25) is 0 Å². The van der Waals surface area contributed by atoms with Crippen LogP contribution in [0.3, 0.4) is 0 Å². The van der Waals surface area contributed by atoms with Crippen LogP contribution in [0, 0.1) is 16.0 Å². The van der Waals surface area contributed by atoms with Gasteiger partial charge >= 0.3 is 0 Å². The van der Waals surface area contributed by atoms with Gasteiger partial charge in [-0.15, -0.1) is 0 Å². The lowest BCUT2D eigenvalue weighted by Gasteiger charge is -2.38. The summed E-state index contributed by atoms with van der Waals surface area (Å²) in [7, 11) is 0. The van der Waals surface area contributed by atoms with E-state index in [1.54, 1.807) is 30.3 Å².